The molecule has 0 saturated carbocycles. The molecule has 4 nitrogen and oxygen atoms in total. The molecule has 0 aliphatic carbocycles. The van der Waals surface area contributed by atoms with Crippen molar-refractivity contribution in [1.29, 1.82) is 0 Å². The molecular weight excluding hydrogens is 278 g/mol. The van der Waals surface area contributed by atoms with Gasteiger partial charge in [-0.05, 0) is 51.1 Å². The lowest BCUT2D eigenvalue weighted by molar-refractivity contribution is 0.409. The van der Waals surface area contributed by atoms with E-state index in [1.165, 1.54) is 0 Å². The van der Waals surface area contributed by atoms with Crippen molar-refractivity contribution in [2.45, 2.75) is 33.4 Å². The lowest BCUT2D eigenvalue weighted by Gasteiger charge is -2.11. The van der Waals surface area contributed by atoms with Crippen LogP contribution in [0.4, 0.5) is 0 Å². The molecule has 1 aromatic carbocycles. The average molecular weight is 299 g/mol. The molecule has 0 radical (unpaired) electrons. The van der Waals surface area contributed by atoms with E-state index in [9.17, 15) is 0 Å². The van der Waals surface area contributed by atoms with E-state index in [2.05, 4.69) is 19.2 Å². The maximum absolute atomic E-state index is 6.01. The fourth-order valence-corrected chi connectivity index (χ4v) is 2.69. The van der Waals surface area contributed by atoms with Gasteiger partial charge in [0.25, 0.3) is 0 Å². The molecule has 22 heavy (non-hydrogen) atoms. The second-order valence-corrected chi connectivity index (χ2v) is 5.57. The van der Waals surface area contributed by atoms with Crippen molar-refractivity contribution in [2.24, 2.45) is 0 Å². The van der Waals surface area contributed by atoms with Crippen LogP contribution in [0.5, 0.6) is 5.75 Å². The van der Waals surface area contributed by atoms with Crippen LogP contribution in [0, 0.1) is 13.8 Å². The van der Waals surface area contributed by atoms with Crippen molar-refractivity contribution in [3.05, 3.63) is 53.2 Å². The quantitative estimate of drug-likeness (QED) is 0.753. The van der Waals surface area contributed by atoms with E-state index in [1.807, 2.05) is 37.3 Å². The maximum Gasteiger partial charge on any atom is 0.134 e. The van der Waals surface area contributed by atoms with Crippen molar-refractivity contribution in [1.82, 2.24) is 5.32 Å². The monoisotopic (exact) mass is 299 g/mol. The highest BCUT2D eigenvalue weighted by atomic mass is 16.5. The summed E-state index contributed by atoms with van der Waals surface area (Å²) in [5, 5.41) is 4.53. The molecule has 0 amide bonds. The first-order valence-electron chi connectivity index (χ1n) is 7.44. The first-order chi connectivity index (χ1) is 10.6. The van der Waals surface area contributed by atoms with E-state index in [1.54, 1.807) is 7.11 Å². The summed E-state index contributed by atoms with van der Waals surface area (Å²) in [7, 11) is 1.67. The zero-order chi connectivity index (χ0) is 15.7. The summed E-state index contributed by atoms with van der Waals surface area (Å²) in [6, 6.07) is 9.95. The van der Waals surface area contributed by atoms with Gasteiger partial charge in [0.1, 0.15) is 28.6 Å². The predicted molar refractivity (Wildman–Crippen MR) is 86.2 cm³/mol. The smallest absolute Gasteiger partial charge is 0.134 e. The third-order valence-corrected chi connectivity index (χ3v) is 3.95. The van der Waals surface area contributed by atoms with Crippen molar-refractivity contribution in [2.75, 3.05) is 7.11 Å². The van der Waals surface area contributed by atoms with Gasteiger partial charge in [-0.15, -0.1) is 0 Å². The number of furan rings is 2. The number of ether oxygens (including phenoxy) is 1. The van der Waals surface area contributed by atoms with Crippen LogP contribution >= 0.6 is 0 Å². The number of fused-ring (bicyclic) bond motifs is 1. The van der Waals surface area contributed by atoms with E-state index in [0.29, 0.717) is 6.54 Å². The van der Waals surface area contributed by atoms with Gasteiger partial charge in [-0.2, -0.15) is 0 Å². The van der Waals surface area contributed by atoms with Gasteiger partial charge in [-0.3, -0.25) is 0 Å². The highest BCUT2D eigenvalue weighted by Crippen LogP contribution is 2.32. The van der Waals surface area contributed by atoms with Gasteiger partial charge in [-0.1, -0.05) is 0 Å². The van der Waals surface area contributed by atoms with Crippen molar-refractivity contribution in [3.63, 3.8) is 0 Å². The van der Waals surface area contributed by atoms with Crippen LogP contribution in [0.15, 0.2) is 39.2 Å². The zero-order valence-corrected chi connectivity index (χ0v) is 13.4. The molecule has 2 heterocycles. The lowest BCUT2D eigenvalue weighted by atomic mass is 10.1. The topological polar surface area (TPSA) is 47.5 Å². The van der Waals surface area contributed by atoms with Crippen LogP contribution in [0.3, 0.4) is 0 Å². The maximum atomic E-state index is 6.01. The SMILES string of the molecule is COc1ccc2oc(C(C)NCc3ccc(C)o3)c(C)c2c1. The van der Waals surface area contributed by atoms with Gasteiger partial charge < -0.3 is 18.9 Å². The fourth-order valence-electron chi connectivity index (χ4n) is 2.69. The molecule has 0 bridgehead atoms. The van der Waals surface area contributed by atoms with Gasteiger partial charge in [0.05, 0.1) is 19.7 Å². The normalized spacial score (nSPS) is 12.7. The largest absolute Gasteiger partial charge is 0.497 e. The van der Waals surface area contributed by atoms with Gasteiger partial charge in [0.15, 0.2) is 0 Å². The number of rotatable bonds is 5. The minimum absolute atomic E-state index is 0.101. The van der Waals surface area contributed by atoms with Crippen LogP contribution in [-0.2, 0) is 6.54 Å². The van der Waals surface area contributed by atoms with Gasteiger partial charge in [0.2, 0.25) is 0 Å². The Bertz CT molecular complexity index is 785. The van der Waals surface area contributed by atoms with Crippen molar-refractivity contribution < 1.29 is 13.6 Å². The second kappa shape index (κ2) is 5.89. The molecule has 1 atom stereocenters. The summed E-state index contributed by atoms with van der Waals surface area (Å²) in [5.74, 6) is 3.65. The van der Waals surface area contributed by atoms with Crippen LogP contribution in [0.25, 0.3) is 11.0 Å². The van der Waals surface area contributed by atoms with Crippen molar-refractivity contribution in [3.8, 4) is 5.75 Å². The standard InChI is InChI=1S/C18H21NO3/c1-11-5-6-15(21-11)10-19-13(3)18-12(2)16-9-14(20-4)7-8-17(16)22-18/h5-9,13,19H,10H2,1-4H3. The Kier molecular flexibility index (Phi) is 3.94. The summed E-state index contributed by atoms with van der Waals surface area (Å²) in [4.78, 5) is 0. The molecule has 3 rings (SSSR count). The summed E-state index contributed by atoms with van der Waals surface area (Å²) in [6.07, 6.45) is 0. The third kappa shape index (κ3) is 2.74. The number of aryl methyl sites for hydroxylation is 2. The van der Waals surface area contributed by atoms with Crippen LogP contribution in [0.1, 0.15) is 35.8 Å². The van der Waals surface area contributed by atoms with E-state index >= 15 is 0 Å². The minimum Gasteiger partial charge on any atom is -0.497 e. The van der Waals surface area contributed by atoms with Crippen LogP contribution < -0.4 is 10.1 Å². The molecule has 0 fully saturated rings. The Labute approximate surface area is 130 Å². The number of methoxy groups -OCH3 is 1. The lowest BCUT2D eigenvalue weighted by Crippen LogP contribution is -2.17. The molecule has 3 aromatic rings. The van der Waals surface area contributed by atoms with E-state index in [0.717, 1.165) is 39.6 Å². The Morgan fingerprint density at radius 1 is 1.14 bits per heavy atom. The van der Waals surface area contributed by atoms with Gasteiger partial charge in [0, 0.05) is 10.9 Å². The highest BCUT2D eigenvalue weighted by molar-refractivity contribution is 5.83. The van der Waals surface area contributed by atoms with Crippen molar-refractivity contribution >= 4 is 11.0 Å². The molecule has 1 N–H and O–H groups in total. The molecule has 0 aliphatic heterocycles. The molecule has 1 unspecified atom stereocenters. The fraction of sp³-hybridized carbons (Fsp3) is 0.333. The van der Waals surface area contributed by atoms with E-state index in [-0.39, 0.29) is 6.04 Å². The number of hydrogen-bond acceptors (Lipinski definition) is 4. The van der Waals surface area contributed by atoms with Crippen LogP contribution in [-0.4, -0.2) is 7.11 Å². The van der Waals surface area contributed by atoms with Gasteiger partial charge in [-0.25, -0.2) is 0 Å². The second-order valence-electron chi connectivity index (χ2n) is 5.57. The van der Waals surface area contributed by atoms with E-state index in [4.69, 9.17) is 13.6 Å². The minimum atomic E-state index is 0.101. The van der Waals surface area contributed by atoms with Gasteiger partial charge >= 0.3 is 0 Å². The Morgan fingerprint density at radius 2 is 1.95 bits per heavy atom. The molecular formula is C18H21NO3. The first kappa shape index (κ1) is 14.7. The first-order valence-corrected chi connectivity index (χ1v) is 7.44. The molecule has 0 aliphatic rings. The van der Waals surface area contributed by atoms with Crippen LogP contribution in [0.2, 0.25) is 0 Å². The number of nitrogens with one attached hydrogen (secondary N) is 1. The predicted octanol–water partition coefficient (Wildman–Crippen LogP) is 4.50. The molecule has 2 aromatic heterocycles. The summed E-state index contributed by atoms with van der Waals surface area (Å²) in [5.41, 5.74) is 2.03. The molecule has 116 valence electrons. The summed E-state index contributed by atoms with van der Waals surface area (Å²) < 4.78 is 16.9. The molecule has 0 saturated heterocycles. The third-order valence-electron chi connectivity index (χ3n) is 3.95. The number of benzene rings is 1. The number of hydrogen-bond donors (Lipinski definition) is 1. The molecule has 4 heteroatoms. The average Bonchev–Trinajstić information content (AvgIpc) is 3.08. The molecule has 0 spiro atoms. The Morgan fingerprint density at radius 3 is 2.64 bits per heavy atom. The van der Waals surface area contributed by atoms with E-state index < -0.39 is 0 Å². The zero-order valence-electron chi connectivity index (χ0n) is 13.4. The Balaban J connectivity index is 1.81. The highest BCUT2D eigenvalue weighted by Gasteiger charge is 2.17. The Hall–Kier alpha value is -2.20. The summed E-state index contributed by atoms with van der Waals surface area (Å²) in [6.45, 7) is 6.80. The summed E-state index contributed by atoms with van der Waals surface area (Å²) >= 11 is 0.